The third-order valence-electron chi connectivity index (χ3n) is 6.00. The van der Waals surface area contributed by atoms with E-state index < -0.39 is 52.3 Å². The highest BCUT2D eigenvalue weighted by Gasteiger charge is 2.41. The summed E-state index contributed by atoms with van der Waals surface area (Å²) in [6.07, 6.45) is 13.0. The molecule has 3 aromatic rings. The molecule has 2 aromatic carbocycles. The normalized spacial score (nSPS) is 19.4. The Bertz CT molecular complexity index is 1530. The number of pyridine rings is 1. The van der Waals surface area contributed by atoms with Gasteiger partial charge in [0.2, 0.25) is 0 Å². The van der Waals surface area contributed by atoms with Gasteiger partial charge in [-0.05, 0) is 73.1 Å². The summed E-state index contributed by atoms with van der Waals surface area (Å²) in [5.41, 5.74) is -3.56. The standard InChI is InChI=1S/2C12H9F2NO2.C6H5NO2/c2*13-8-3-4-9(10(14)7-8)12(11(16)17)5-1-2-6-15-12;8-6(9)5-3-1-2-4-7-5/h2*1-7,15H,(H,16,17);1-4H,(H,8,9). The highest BCUT2D eigenvalue weighted by Crippen LogP contribution is 2.29. The lowest BCUT2D eigenvalue weighted by molar-refractivity contribution is -0.143. The van der Waals surface area contributed by atoms with Gasteiger partial charge in [0.15, 0.2) is 11.1 Å². The Balaban J connectivity index is 0.000000186. The number of carboxylic acid groups (broad SMARTS) is 3. The number of hydrogen-bond acceptors (Lipinski definition) is 6. The summed E-state index contributed by atoms with van der Waals surface area (Å²) >= 11 is 0. The Morgan fingerprint density at radius 1 is 0.651 bits per heavy atom. The van der Waals surface area contributed by atoms with Gasteiger partial charge in [0.05, 0.1) is 0 Å². The molecule has 1 aromatic heterocycles. The number of carbonyl (C=O) groups is 3. The molecule has 2 atom stereocenters. The average Bonchev–Trinajstić information content (AvgIpc) is 2.99. The van der Waals surface area contributed by atoms with Crippen LogP contribution >= 0.6 is 0 Å². The highest BCUT2D eigenvalue weighted by molar-refractivity contribution is 5.85. The van der Waals surface area contributed by atoms with Crippen molar-refractivity contribution < 1.29 is 47.3 Å². The van der Waals surface area contributed by atoms with Crippen LogP contribution in [0, 0.1) is 23.3 Å². The summed E-state index contributed by atoms with van der Waals surface area (Å²) in [6, 6.07) is 10.4. The molecule has 0 fully saturated rings. The SMILES string of the molecule is O=C(O)C1(c2ccc(F)cc2F)C=CC=CN1.O=C(O)C1(c2ccc(F)cc2F)C=CC=CN1.O=C(O)c1ccccn1. The monoisotopic (exact) mass is 597 g/mol. The van der Waals surface area contributed by atoms with E-state index in [1.54, 1.807) is 24.3 Å². The van der Waals surface area contributed by atoms with Gasteiger partial charge in [-0.15, -0.1) is 0 Å². The van der Waals surface area contributed by atoms with Crippen LogP contribution in [0.15, 0.2) is 110 Å². The smallest absolute Gasteiger partial charge is 0.354 e. The van der Waals surface area contributed by atoms with E-state index in [1.807, 2.05) is 0 Å². The number of aromatic nitrogens is 1. The third kappa shape index (κ3) is 7.33. The van der Waals surface area contributed by atoms with Crippen molar-refractivity contribution in [3.63, 3.8) is 0 Å². The molecule has 0 aliphatic carbocycles. The van der Waals surface area contributed by atoms with E-state index in [1.165, 1.54) is 49.0 Å². The second-order valence-electron chi connectivity index (χ2n) is 8.72. The minimum absolute atomic E-state index is 0.0810. The van der Waals surface area contributed by atoms with Crippen LogP contribution in [0.5, 0.6) is 0 Å². The lowest BCUT2D eigenvalue weighted by atomic mass is 9.88. The molecule has 13 heteroatoms. The van der Waals surface area contributed by atoms with E-state index in [0.717, 1.165) is 24.3 Å². The molecule has 0 bridgehead atoms. The van der Waals surface area contributed by atoms with E-state index in [0.29, 0.717) is 12.1 Å². The molecule has 0 saturated carbocycles. The molecule has 5 N–H and O–H groups in total. The zero-order valence-electron chi connectivity index (χ0n) is 21.9. The molecule has 9 nitrogen and oxygen atoms in total. The lowest BCUT2D eigenvalue weighted by Crippen LogP contribution is -2.46. The fraction of sp³-hybridized carbons (Fsp3) is 0.0667. The molecule has 0 amide bonds. The number of allylic oxidation sites excluding steroid dienone is 4. The minimum Gasteiger partial charge on any atom is -0.479 e. The molecule has 0 saturated heterocycles. The Morgan fingerprint density at radius 2 is 1.12 bits per heavy atom. The average molecular weight is 598 g/mol. The Hall–Kier alpha value is -5.72. The van der Waals surface area contributed by atoms with Gasteiger partial charge in [-0.3, -0.25) is 0 Å². The van der Waals surface area contributed by atoms with Gasteiger partial charge in [-0.25, -0.2) is 36.9 Å². The molecule has 0 spiro atoms. The third-order valence-corrected chi connectivity index (χ3v) is 6.00. The van der Waals surface area contributed by atoms with Crippen molar-refractivity contribution >= 4 is 17.9 Å². The van der Waals surface area contributed by atoms with Crippen LogP contribution in [-0.2, 0) is 20.7 Å². The van der Waals surface area contributed by atoms with Gasteiger partial charge >= 0.3 is 17.9 Å². The van der Waals surface area contributed by atoms with Crippen molar-refractivity contribution in [3.8, 4) is 0 Å². The molecular formula is C30H23F4N3O6. The first kappa shape index (κ1) is 31.8. The second kappa shape index (κ2) is 13.8. The highest BCUT2D eigenvalue weighted by atomic mass is 19.1. The number of nitrogens with zero attached hydrogens (tertiary/aromatic N) is 1. The maximum atomic E-state index is 13.6. The van der Waals surface area contributed by atoms with Gasteiger partial charge in [0.1, 0.15) is 29.0 Å². The number of hydrogen-bond donors (Lipinski definition) is 5. The zero-order chi connectivity index (χ0) is 31.6. The number of halogens is 4. The predicted octanol–water partition coefficient (Wildman–Crippen LogP) is 4.62. The second-order valence-corrected chi connectivity index (χ2v) is 8.72. The maximum absolute atomic E-state index is 13.6. The van der Waals surface area contributed by atoms with Crippen LogP contribution in [0.25, 0.3) is 0 Å². The summed E-state index contributed by atoms with van der Waals surface area (Å²) in [5, 5.41) is 31.9. The fourth-order valence-electron chi connectivity index (χ4n) is 3.91. The first-order chi connectivity index (χ1) is 20.4. The first-order valence-electron chi connectivity index (χ1n) is 12.2. The Labute approximate surface area is 241 Å². The summed E-state index contributed by atoms with van der Waals surface area (Å²) in [6.45, 7) is 0. The van der Waals surface area contributed by atoms with Crippen LogP contribution in [0.2, 0.25) is 0 Å². The van der Waals surface area contributed by atoms with Gasteiger partial charge in [0.25, 0.3) is 0 Å². The van der Waals surface area contributed by atoms with E-state index in [2.05, 4.69) is 15.6 Å². The largest absolute Gasteiger partial charge is 0.479 e. The molecule has 0 radical (unpaired) electrons. The number of carboxylic acids is 3. The molecule has 222 valence electrons. The summed E-state index contributed by atoms with van der Waals surface area (Å²) in [7, 11) is 0. The van der Waals surface area contributed by atoms with E-state index in [9.17, 15) is 42.2 Å². The Kier molecular flexibility index (Phi) is 10.2. The number of rotatable bonds is 5. The van der Waals surface area contributed by atoms with Gasteiger partial charge in [0, 0.05) is 29.5 Å². The Morgan fingerprint density at radius 3 is 1.40 bits per heavy atom. The lowest BCUT2D eigenvalue weighted by Gasteiger charge is -2.29. The topological polar surface area (TPSA) is 149 Å². The maximum Gasteiger partial charge on any atom is 0.354 e. The van der Waals surface area contributed by atoms with Crippen molar-refractivity contribution in [3.05, 3.63) is 150 Å². The molecule has 5 rings (SSSR count). The summed E-state index contributed by atoms with van der Waals surface area (Å²) in [4.78, 5) is 36.3. The van der Waals surface area contributed by atoms with Crippen molar-refractivity contribution in [1.82, 2.24) is 15.6 Å². The first-order valence-corrected chi connectivity index (χ1v) is 12.2. The van der Waals surface area contributed by atoms with Crippen LogP contribution in [0.4, 0.5) is 17.6 Å². The number of nitrogens with one attached hydrogen (secondary N) is 2. The molecular weight excluding hydrogens is 574 g/mol. The number of dihydropyridines is 2. The van der Waals surface area contributed by atoms with Crippen LogP contribution in [0.1, 0.15) is 21.6 Å². The van der Waals surface area contributed by atoms with Crippen LogP contribution in [-0.4, -0.2) is 38.2 Å². The van der Waals surface area contributed by atoms with Crippen molar-refractivity contribution in [2.75, 3.05) is 0 Å². The number of aromatic carboxylic acids is 1. The van der Waals surface area contributed by atoms with E-state index in [4.69, 9.17) is 5.11 Å². The molecule has 43 heavy (non-hydrogen) atoms. The predicted molar refractivity (Wildman–Crippen MR) is 145 cm³/mol. The van der Waals surface area contributed by atoms with Crippen molar-refractivity contribution in [2.24, 2.45) is 0 Å². The van der Waals surface area contributed by atoms with Crippen molar-refractivity contribution in [2.45, 2.75) is 11.1 Å². The van der Waals surface area contributed by atoms with E-state index >= 15 is 0 Å². The summed E-state index contributed by atoms with van der Waals surface area (Å²) in [5.74, 6) is -6.81. The molecule has 2 aliphatic rings. The summed E-state index contributed by atoms with van der Waals surface area (Å²) < 4.78 is 52.9. The molecule has 2 aliphatic heterocycles. The fourth-order valence-corrected chi connectivity index (χ4v) is 3.91. The molecule has 3 heterocycles. The van der Waals surface area contributed by atoms with Crippen LogP contribution < -0.4 is 10.6 Å². The number of aliphatic carboxylic acids is 2. The van der Waals surface area contributed by atoms with Crippen molar-refractivity contribution in [1.29, 1.82) is 0 Å². The molecule has 2 unspecified atom stereocenters. The van der Waals surface area contributed by atoms with Gasteiger partial charge in [-0.2, -0.15) is 0 Å². The van der Waals surface area contributed by atoms with Crippen LogP contribution in [0.3, 0.4) is 0 Å². The minimum atomic E-state index is -1.69. The van der Waals surface area contributed by atoms with Gasteiger partial charge < -0.3 is 26.0 Å². The number of benzene rings is 2. The zero-order valence-corrected chi connectivity index (χ0v) is 21.9. The van der Waals surface area contributed by atoms with E-state index in [-0.39, 0.29) is 16.8 Å². The van der Waals surface area contributed by atoms with Gasteiger partial charge in [-0.1, -0.05) is 18.2 Å². The quantitative estimate of drug-likeness (QED) is 0.266.